The second kappa shape index (κ2) is 9.22. The van der Waals surface area contributed by atoms with Gasteiger partial charge >= 0.3 is 0 Å². The summed E-state index contributed by atoms with van der Waals surface area (Å²) >= 11 is 0. The van der Waals surface area contributed by atoms with E-state index in [0.717, 1.165) is 19.4 Å². The molecule has 0 aliphatic carbocycles. The maximum Gasteiger partial charge on any atom is 0.261 e. The number of amides is 1. The van der Waals surface area contributed by atoms with Crippen molar-refractivity contribution in [3.05, 3.63) is 0 Å². The number of carbonyl (C=O) groups is 1. The fraction of sp³-hybridized carbons (Fsp3) is 0.917. The molecule has 2 N–H and O–H groups in total. The van der Waals surface area contributed by atoms with Crippen LogP contribution < -0.4 is 10.6 Å². The molecule has 0 aromatic carbocycles. The predicted molar refractivity (Wildman–Crippen MR) is 64.7 cm³/mol. The molecular formula is C12H22F2N2O2. The molecule has 0 bridgehead atoms. The van der Waals surface area contributed by atoms with E-state index >= 15 is 0 Å². The Morgan fingerprint density at radius 2 is 2.28 bits per heavy atom. The molecule has 1 saturated heterocycles. The highest BCUT2D eigenvalue weighted by Crippen LogP contribution is 2.11. The number of carbonyl (C=O) groups excluding carboxylic acids is 1. The molecule has 1 aliphatic heterocycles. The summed E-state index contributed by atoms with van der Waals surface area (Å²) in [6.45, 7) is 0.900. The van der Waals surface area contributed by atoms with Crippen LogP contribution in [-0.2, 0) is 9.53 Å². The fourth-order valence-electron chi connectivity index (χ4n) is 2.00. The fourth-order valence-corrected chi connectivity index (χ4v) is 2.00. The Labute approximate surface area is 106 Å². The normalized spacial score (nSPS) is 20.1. The average molecular weight is 264 g/mol. The van der Waals surface area contributed by atoms with Crippen LogP contribution in [0.3, 0.4) is 0 Å². The monoisotopic (exact) mass is 264 g/mol. The molecule has 106 valence electrons. The summed E-state index contributed by atoms with van der Waals surface area (Å²) in [6, 6.07) is 0.444. The minimum Gasteiger partial charge on any atom is -0.374 e. The first kappa shape index (κ1) is 15.3. The molecule has 0 saturated carbocycles. The molecule has 1 aliphatic rings. The Kier molecular flexibility index (Phi) is 7.84. The lowest BCUT2D eigenvalue weighted by Crippen LogP contribution is -2.35. The van der Waals surface area contributed by atoms with E-state index in [0.29, 0.717) is 19.0 Å². The minimum atomic E-state index is -2.45. The van der Waals surface area contributed by atoms with Crippen LogP contribution in [0.15, 0.2) is 0 Å². The highest BCUT2D eigenvalue weighted by molar-refractivity contribution is 5.75. The second-order valence-corrected chi connectivity index (χ2v) is 4.50. The number of rotatable bonds is 8. The Bertz CT molecular complexity index is 234. The zero-order valence-corrected chi connectivity index (χ0v) is 10.6. The Hall–Kier alpha value is -0.750. The lowest BCUT2D eigenvalue weighted by Gasteiger charge is -2.23. The number of ether oxygens (including phenoxy) is 1. The molecule has 18 heavy (non-hydrogen) atoms. The minimum absolute atomic E-state index is 0.0389. The number of piperidine rings is 1. The first-order valence-corrected chi connectivity index (χ1v) is 6.54. The first-order chi connectivity index (χ1) is 8.68. The van der Waals surface area contributed by atoms with Crippen LogP contribution in [0.25, 0.3) is 0 Å². The third-order valence-electron chi connectivity index (χ3n) is 2.94. The van der Waals surface area contributed by atoms with Crippen molar-refractivity contribution in [2.75, 3.05) is 26.3 Å². The van der Waals surface area contributed by atoms with Gasteiger partial charge in [-0.15, -0.1) is 0 Å². The van der Waals surface area contributed by atoms with Gasteiger partial charge in [0.25, 0.3) is 6.43 Å². The van der Waals surface area contributed by atoms with E-state index in [1.165, 1.54) is 12.8 Å². The van der Waals surface area contributed by atoms with Gasteiger partial charge in [0, 0.05) is 19.0 Å². The molecule has 0 radical (unpaired) electrons. The molecule has 1 unspecified atom stereocenters. The van der Waals surface area contributed by atoms with E-state index in [2.05, 4.69) is 15.4 Å². The lowest BCUT2D eigenvalue weighted by molar-refractivity contribution is -0.121. The van der Waals surface area contributed by atoms with Gasteiger partial charge in [0.2, 0.25) is 5.91 Å². The van der Waals surface area contributed by atoms with Crippen LogP contribution >= 0.6 is 0 Å². The van der Waals surface area contributed by atoms with Crippen LogP contribution in [0.5, 0.6) is 0 Å². The van der Waals surface area contributed by atoms with Crippen molar-refractivity contribution in [2.24, 2.45) is 0 Å². The molecule has 0 aromatic heterocycles. The van der Waals surface area contributed by atoms with Crippen molar-refractivity contribution in [3.8, 4) is 0 Å². The number of hydrogen-bond acceptors (Lipinski definition) is 3. The van der Waals surface area contributed by atoms with E-state index in [4.69, 9.17) is 0 Å². The number of alkyl halides is 2. The lowest BCUT2D eigenvalue weighted by atomic mass is 10.0. The highest BCUT2D eigenvalue weighted by atomic mass is 19.3. The van der Waals surface area contributed by atoms with Gasteiger partial charge in [-0.05, 0) is 25.8 Å². The largest absolute Gasteiger partial charge is 0.374 e. The van der Waals surface area contributed by atoms with Gasteiger partial charge in [-0.25, -0.2) is 8.78 Å². The van der Waals surface area contributed by atoms with Crippen LogP contribution in [0, 0.1) is 0 Å². The van der Waals surface area contributed by atoms with Crippen molar-refractivity contribution >= 4 is 5.91 Å². The van der Waals surface area contributed by atoms with E-state index in [1.807, 2.05) is 0 Å². The predicted octanol–water partition coefficient (Wildman–Crippen LogP) is 1.31. The first-order valence-electron chi connectivity index (χ1n) is 6.54. The molecule has 6 heteroatoms. The Balaban J connectivity index is 1.93. The van der Waals surface area contributed by atoms with Gasteiger partial charge in [0.1, 0.15) is 6.61 Å². The molecule has 1 fully saturated rings. The number of nitrogens with one attached hydrogen (secondary N) is 2. The summed E-state index contributed by atoms with van der Waals surface area (Å²) in [4.78, 5) is 11.4. The van der Waals surface area contributed by atoms with Crippen LogP contribution in [-0.4, -0.2) is 44.7 Å². The SMILES string of the molecule is O=C(CCC1CCCCN1)NCCOCC(F)F. The Morgan fingerprint density at radius 3 is 2.94 bits per heavy atom. The van der Waals surface area contributed by atoms with E-state index in [-0.39, 0.29) is 12.5 Å². The van der Waals surface area contributed by atoms with Gasteiger partial charge in [0.15, 0.2) is 0 Å². The van der Waals surface area contributed by atoms with Crippen molar-refractivity contribution < 1.29 is 18.3 Å². The topological polar surface area (TPSA) is 50.4 Å². The van der Waals surface area contributed by atoms with Crippen molar-refractivity contribution in [2.45, 2.75) is 44.6 Å². The molecule has 1 rings (SSSR count). The van der Waals surface area contributed by atoms with Gasteiger partial charge in [-0.2, -0.15) is 0 Å². The van der Waals surface area contributed by atoms with Crippen LogP contribution in [0.4, 0.5) is 8.78 Å². The zero-order chi connectivity index (χ0) is 13.2. The van der Waals surface area contributed by atoms with E-state index < -0.39 is 13.0 Å². The summed E-state index contributed by atoms with van der Waals surface area (Å²) in [5.41, 5.74) is 0. The molecule has 0 aromatic rings. The summed E-state index contributed by atoms with van der Waals surface area (Å²) in [7, 11) is 0. The standard InChI is InChI=1S/C12H22F2N2O2/c13-11(14)9-18-8-7-16-12(17)5-4-10-3-1-2-6-15-10/h10-11,15H,1-9H2,(H,16,17). The van der Waals surface area contributed by atoms with Gasteiger partial charge in [-0.3, -0.25) is 4.79 Å². The number of halogens is 2. The molecule has 1 amide bonds. The summed E-state index contributed by atoms with van der Waals surface area (Å²) in [5, 5.41) is 6.03. The molecule has 0 spiro atoms. The quantitative estimate of drug-likeness (QED) is 0.650. The summed E-state index contributed by atoms with van der Waals surface area (Å²) in [5.74, 6) is -0.0389. The zero-order valence-electron chi connectivity index (χ0n) is 10.6. The third-order valence-corrected chi connectivity index (χ3v) is 2.94. The smallest absolute Gasteiger partial charge is 0.261 e. The van der Waals surface area contributed by atoms with Crippen molar-refractivity contribution in [3.63, 3.8) is 0 Å². The van der Waals surface area contributed by atoms with Crippen molar-refractivity contribution in [1.82, 2.24) is 10.6 Å². The second-order valence-electron chi connectivity index (χ2n) is 4.50. The molecule has 4 nitrogen and oxygen atoms in total. The maximum atomic E-state index is 11.7. The van der Waals surface area contributed by atoms with Gasteiger partial charge < -0.3 is 15.4 Å². The van der Waals surface area contributed by atoms with E-state index in [1.54, 1.807) is 0 Å². The van der Waals surface area contributed by atoms with Gasteiger partial charge in [0.05, 0.1) is 6.61 Å². The van der Waals surface area contributed by atoms with Crippen LogP contribution in [0.1, 0.15) is 32.1 Å². The number of hydrogen-bond donors (Lipinski definition) is 2. The molecule has 1 atom stereocenters. The average Bonchev–Trinajstić information content (AvgIpc) is 2.37. The Morgan fingerprint density at radius 1 is 1.44 bits per heavy atom. The highest BCUT2D eigenvalue weighted by Gasteiger charge is 2.13. The summed E-state index contributed by atoms with van der Waals surface area (Å²) < 4.78 is 28.1. The maximum absolute atomic E-state index is 11.7. The van der Waals surface area contributed by atoms with Gasteiger partial charge in [-0.1, -0.05) is 6.42 Å². The molecular weight excluding hydrogens is 242 g/mol. The third kappa shape index (κ3) is 7.55. The van der Waals surface area contributed by atoms with Crippen LogP contribution in [0.2, 0.25) is 0 Å². The molecule has 1 heterocycles. The van der Waals surface area contributed by atoms with E-state index in [9.17, 15) is 13.6 Å². The summed E-state index contributed by atoms with van der Waals surface area (Å²) in [6.07, 6.45) is 2.43. The van der Waals surface area contributed by atoms with Crippen molar-refractivity contribution in [1.29, 1.82) is 0 Å².